The number of alkyl halides is 1. The van der Waals surface area contributed by atoms with Crippen molar-refractivity contribution in [3.63, 3.8) is 0 Å². The van der Waals surface area contributed by atoms with E-state index in [0.29, 0.717) is 11.1 Å². The molecule has 0 amide bonds. The third-order valence-electron chi connectivity index (χ3n) is 2.34. The Labute approximate surface area is 97.5 Å². The van der Waals surface area contributed by atoms with Gasteiger partial charge in [-0.3, -0.25) is 0 Å². The van der Waals surface area contributed by atoms with E-state index in [0.717, 1.165) is 5.56 Å². The molecule has 0 spiro atoms. The molecule has 0 fully saturated rings. The third kappa shape index (κ3) is 2.22. The highest BCUT2D eigenvalue weighted by Gasteiger charge is 2.05. The van der Waals surface area contributed by atoms with Crippen LogP contribution in [0, 0.1) is 11.6 Å². The van der Waals surface area contributed by atoms with E-state index >= 15 is 0 Å². The van der Waals surface area contributed by atoms with Gasteiger partial charge in [0, 0.05) is 11.4 Å². The Balaban J connectivity index is 2.44. The van der Waals surface area contributed by atoms with E-state index in [1.165, 1.54) is 18.2 Å². The Bertz CT molecular complexity index is 492. The number of rotatable bonds is 2. The van der Waals surface area contributed by atoms with Gasteiger partial charge in [0.05, 0.1) is 0 Å². The van der Waals surface area contributed by atoms with E-state index in [4.69, 9.17) is 11.6 Å². The molecule has 0 aliphatic rings. The van der Waals surface area contributed by atoms with Crippen molar-refractivity contribution in [2.45, 2.75) is 5.88 Å². The Morgan fingerprint density at radius 2 is 1.62 bits per heavy atom. The van der Waals surface area contributed by atoms with Gasteiger partial charge in [-0.2, -0.15) is 0 Å². The molecule has 0 aliphatic carbocycles. The Kier molecular flexibility index (Phi) is 3.20. The van der Waals surface area contributed by atoms with Gasteiger partial charge in [-0.25, -0.2) is 8.78 Å². The summed E-state index contributed by atoms with van der Waals surface area (Å²) >= 11 is 5.60. The van der Waals surface area contributed by atoms with Crippen LogP contribution in [0.4, 0.5) is 8.78 Å². The molecule has 0 saturated carbocycles. The summed E-state index contributed by atoms with van der Waals surface area (Å²) in [4.78, 5) is 0. The first-order valence-corrected chi connectivity index (χ1v) is 5.34. The van der Waals surface area contributed by atoms with Gasteiger partial charge in [0.25, 0.3) is 0 Å². The maximum Gasteiger partial charge on any atom is 0.131 e. The van der Waals surface area contributed by atoms with Gasteiger partial charge in [0.15, 0.2) is 0 Å². The lowest BCUT2D eigenvalue weighted by Gasteiger charge is -2.04. The molecular weight excluding hydrogens is 230 g/mol. The molecule has 0 N–H and O–H groups in total. The fourth-order valence-electron chi connectivity index (χ4n) is 1.51. The minimum absolute atomic E-state index is 0.278. The van der Waals surface area contributed by atoms with Crippen molar-refractivity contribution < 1.29 is 8.78 Å². The van der Waals surface area contributed by atoms with Crippen LogP contribution in [0.2, 0.25) is 0 Å². The van der Waals surface area contributed by atoms with Crippen LogP contribution < -0.4 is 0 Å². The maximum atomic E-state index is 13.7. The van der Waals surface area contributed by atoms with Gasteiger partial charge in [-0.1, -0.05) is 24.3 Å². The van der Waals surface area contributed by atoms with Gasteiger partial charge < -0.3 is 0 Å². The van der Waals surface area contributed by atoms with Crippen molar-refractivity contribution in [2.24, 2.45) is 0 Å². The highest BCUT2D eigenvalue weighted by molar-refractivity contribution is 6.17. The van der Waals surface area contributed by atoms with Crippen LogP contribution in [0.15, 0.2) is 42.5 Å². The van der Waals surface area contributed by atoms with Gasteiger partial charge in [0.1, 0.15) is 11.6 Å². The van der Waals surface area contributed by atoms with Crippen LogP contribution in [0.1, 0.15) is 5.56 Å². The summed E-state index contributed by atoms with van der Waals surface area (Å²) in [6.07, 6.45) is 0. The van der Waals surface area contributed by atoms with Crippen LogP contribution in [0.5, 0.6) is 0 Å². The SMILES string of the molecule is Fc1ccc(-c2ccc(CCl)cc2F)cc1. The zero-order valence-electron chi connectivity index (χ0n) is 8.38. The molecule has 0 unspecified atom stereocenters. The Morgan fingerprint density at radius 3 is 2.19 bits per heavy atom. The third-order valence-corrected chi connectivity index (χ3v) is 2.65. The quantitative estimate of drug-likeness (QED) is 0.682. The summed E-state index contributed by atoms with van der Waals surface area (Å²) in [5, 5.41) is 0. The molecule has 82 valence electrons. The molecule has 2 rings (SSSR count). The average molecular weight is 239 g/mol. The molecule has 0 aliphatic heterocycles. The van der Waals surface area contributed by atoms with Gasteiger partial charge in [-0.05, 0) is 29.3 Å². The van der Waals surface area contributed by atoms with Crippen LogP contribution in [-0.4, -0.2) is 0 Å². The predicted octanol–water partition coefficient (Wildman–Crippen LogP) is 4.37. The second-order valence-electron chi connectivity index (χ2n) is 3.45. The zero-order chi connectivity index (χ0) is 11.5. The lowest BCUT2D eigenvalue weighted by molar-refractivity contribution is 0.625. The molecular formula is C13H9ClF2. The molecule has 16 heavy (non-hydrogen) atoms. The summed E-state index contributed by atoms with van der Waals surface area (Å²) in [6, 6.07) is 10.5. The standard InChI is InChI=1S/C13H9ClF2/c14-8-9-1-6-12(13(16)7-9)10-2-4-11(15)5-3-10/h1-7H,8H2. The Morgan fingerprint density at radius 1 is 0.938 bits per heavy atom. The van der Waals surface area contributed by atoms with Crippen molar-refractivity contribution in [1.29, 1.82) is 0 Å². The van der Waals surface area contributed by atoms with Crippen molar-refractivity contribution >= 4 is 11.6 Å². The van der Waals surface area contributed by atoms with Crippen molar-refractivity contribution in [2.75, 3.05) is 0 Å². The minimum atomic E-state index is -0.343. The fraction of sp³-hybridized carbons (Fsp3) is 0.0769. The van der Waals surface area contributed by atoms with Crippen LogP contribution >= 0.6 is 11.6 Å². The molecule has 3 heteroatoms. The van der Waals surface area contributed by atoms with Crippen LogP contribution in [0.3, 0.4) is 0 Å². The topological polar surface area (TPSA) is 0 Å². The van der Waals surface area contributed by atoms with Crippen molar-refractivity contribution in [3.05, 3.63) is 59.7 Å². The summed E-state index contributed by atoms with van der Waals surface area (Å²) < 4.78 is 26.4. The van der Waals surface area contributed by atoms with Crippen LogP contribution in [-0.2, 0) is 5.88 Å². The fourth-order valence-corrected chi connectivity index (χ4v) is 1.67. The van der Waals surface area contributed by atoms with Gasteiger partial charge in [0.2, 0.25) is 0 Å². The summed E-state index contributed by atoms with van der Waals surface area (Å²) in [5.41, 5.74) is 1.83. The molecule has 0 heterocycles. The predicted molar refractivity (Wildman–Crippen MR) is 61.4 cm³/mol. The first kappa shape index (κ1) is 11.1. The molecule has 0 nitrogen and oxygen atoms in total. The summed E-state index contributed by atoms with van der Waals surface area (Å²) in [5.74, 6) is -0.396. The number of hydrogen-bond donors (Lipinski definition) is 0. The lowest BCUT2D eigenvalue weighted by atomic mass is 10.0. The summed E-state index contributed by atoms with van der Waals surface area (Å²) in [7, 11) is 0. The first-order chi connectivity index (χ1) is 7.70. The molecule has 0 bridgehead atoms. The molecule has 0 radical (unpaired) electrons. The minimum Gasteiger partial charge on any atom is -0.207 e. The lowest BCUT2D eigenvalue weighted by Crippen LogP contribution is -1.87. The highest BCUT2D eigenvalue weighted by Crippen LogP contribution is 2.24. The van der Waals surface area contributed by atoms with E-state index in [2.05, 4.69) is 0 Å². The van der Waals surface area contributed by atoms with Crippen LogP contribution in [0.25, 0.3) is 11.1 Å². The van der Waals surface area contributed by atoms with E-state index in [-0.39, 0.29) is 17.5 Å². The molecule has 0 saturated heterocycles. The molecule has 2 aromatic rings. The average Bonchev–Trinajstić information content (AvgIpc) is 2.30. The van der Waals surface area contributed by atoms with Gasteiger partial charge in [-0.15, -0.1) is 11.6 Å². The smallest absolute Gasteiger partial charge is 0.131 e. The van der Waals surface area contributed by atoms with E-state index in [1.807, 2.05) is 0 Å². The maximum absolute atomic E-state index is 13.7. The van der Waals surface area contributed by atoms with E-state index < -0.39 is 0 Å². The second-order valence-corrected chi connectivity index (χ2v) is 3.72. The molecule has 2 aromatic carbocycles. The highest BCUT2D eigenvalue weighted by atomic mass is 35.5. The largest absolute Gasteiger partial charge is 0.207 e. The molecule has 0 aromatic heterocycles. The summed E-state index contributed by atoms with van der Waals surface area (Å²) in [6.45, 7) is 0. The zero-order valence-corrected chi connectivity index (χ0v) is 9.14. The van der Waals surface area contributed by atoms with Crippen molar-refractivity contribution in [3.8, 4) is 11.1 Å². The van der Waals surface area contributed by atoms with Crippen molar-refractivity contribution in [1.82, 2.24) is 0 Å². The van der Waals surface area contributed by atoms with E-state index in [1.54, 1.807) is 24.3 Å². The van der Waals surface area contributed by atoms with E-state index in [9.17, 15) is 8.78 Å². The molecule has 0 atom stereocenters. The number of halogens is 3. The Hall–Kier alpha value is -1.41. The normalized spacial score (nSPS) is 10.4. The monoisotopic (exact) mass is 238 g/mol. The number of hydrogen-bond acceptors (Lipinski definition) is 0. The second kappa shape index (κ2) is 4.62. The first-order valence-electron chi connectivity index (χ1n) is 4.81. The number of benzene rings is 2. The van der Waals surface area contributed by atoms with Gasteiger partial charge >= 0.3 is 0 Å².